The summed E-state index contributed by atoms with van der Waals surface area (Å²) < 4.78 is 0. The van der Waals surface area contributed by atoms with Crippen LogP contribution < -0.4 is 5.73 Å². The van der Waals surface area contributed by atoms with E-state index in [0.717, 1.165) is 13.1 Å². The summed E-state index contributed by atoms with van der Waals surface area (Å²) in [5.41, 5.74) is 5.94. The van der Waals surface area contributed by atoms with Crippen molar-refractivity contribution in [1.29, 1.82) is 0 Å². The van der Waals surface area contributed by atoms with Crippen LogP contribution in [0.4, 0.5) is 0 Å². The molecule has 0 amide bonds. The molecule has 0 radical (unpaired) electrons. The van der Waals surface area contributed by atoms with Crippen molar-refractivity contribution in [3.05, 3.63) is 0 Å². The fourth-order valence-electron chi connectivity index (χ4n) is 2.78. The first-order chi connectivity index (χ1) is 8.52. The molecule has 0 aromatic carbocycles. The SMILES string of the molecule is CCN(CCN1CCC(N)CC1)C(C)CN(C)C. The molecule has 1 atom stereocenters. The summed E-state index contributed by atoms with van der Waals surface area (Å²) in [6.07, 6.45) is 2.33. The Balaban J connectivity index is 2.26. The van der Waals surface area contributed by atoms with Crippen molar-refractivity contribution >= 4 is 0 Å². The third-order valence-electron chi connectivity index (χ3n) is 3.99. The van der Waals surface area contributed by atoms with E-state index in [4.69, 9.17) is 5.73 Å². The Bertz CT molecular complexity index is 212. The van der Waals surface area contributed by atoms with E-state index in [1.54, 1.807) is 0 Å². The zero-order chi connectivity index (χ0) is 13.5. The molecule has 1 fully saturated rings. The van der Waals surface area contributed by atoms with Gasteiger partial charge in [-0.15, -0.1) is 0 Å². The minimum Gasteiger partial charge on any atom is -0.328 e. The van der Waals surface area contributed by atoms with Crippen molar-refractivity contribution < 1.29 is 0 Å². The number of nitrogens with two attached hydrogens (primary N) is 1. The second-order valence-corrected chi connectivity index (χ2v) is 5.92. The normalized spacial score (nSPS) is 20.8. The van der Waals surface area contributed by atoms with Crippen LogP contribution >= 0.6 is 0 Å². The monoisotopic (exact) mass is 256 g/mol. The molecule has 1 saturated heterocycles. The maximum absolute atomic E-state index is 5.94. The van der Waals surface area contributed by atoms with Crippen LogP contribution in [0.3, 0.4) is 0 Å². The average molecular weight is 256 g/mol. The number of hydrogen-bond acceptors (Lipinski definition) is 4. The Morgan fingerprint density at radius 2 is 1.89 bits per heavy atom. The highest BCUT2D eigenvalue weighted by atomic mass is 15.2. The van der Waals surface area contributed by atoms with Crippen molar-refractivity contribution in [3.8, 4) is 0 Å². The van der Waals surface area contributed by atoms with Crippen LogP contribution in [0.15, 0.2) is 0 Å². The van der Waals surface area contributed by atoms with Gasteiger partial charge in [0.1, 0.15) is 0 Å². The van der Waals surface area contributed by atoms with Crippen LogP contribution in [-0.2, 0) is 0 Å². The summed E-state index contributed by atoms with van der Waals surface area (Å²) in [6, 6.07) is 1.08. The van der Waals surface area contributed by atoms with Gasteiger partial charge >= 0.3 is 0 Å². The third kappa shape index (κ3) is 5.65. The number of likely N-dealkylation sites (tertiary alicyclic amines) is 1. The Kier molecular flexibility index (Phi) is 7.15. The molecular weight excluding hydrogens is 224 g/mol. The van der Waals surface area contributed by atoms with Crippen LogP contribution in [-0.4, -0.2) is 80.1 Å². The average Bonchev–Trinajstić information content (AvgIpc) is 2.31. The lowest BCUT2D eigenvalue weighted by Gasteiger charge is -2.34. The Morgan fingerprint density at radius 3 is 2.39 bits per heavy atom. The fraction of sp³-hybridized carbons (Fsp3) is 1.00. The Morgan fingerprint density at radius 1 is 1.28 bits per heavy atom. The van der Waals surface area contributed by atoms with E-state index in [2.05, 4.69) is 42.6 Å². The summed E-state index contributed by atoms with van der Waals surface area (Å²) >= 11 is 0. The molecule has 2 N–H and O–H groups in total. The van der Waals surface area contributed by atoms with Gasteiger partial charge in [-0.05, 0) is 53.5 Å². The molecule has 1 aliphatic heterocycles. The summed E-state index contributed by atoms with van der Waals surface area (Å²) in [5.74, 6) is 0. The van der Waals surface area contributed by atoms with Crippen molar-refractivity contribution in [2.24, 2.45) is 5.73 Å². The lowest BCUT2D eigenvalue weighted by atomic mass is 10.1. The molecule has 0 aliphatic carbocycles. The lowest BCUT2D eigenvalue weighted by Crippen LogP contribution is -2.46. The Hall–Kier alpha value is -0.160. The zero-order valence-corrected chi connectivity index (χ0v) is 12.7. The second-order valence-electron chi connectivity index (χ2n) is 5.92. The molecular formula is C14H32N4. The molecule has 0 aromatic rings. The van der Waals surface area contributed by atoms with E-state index in [1.807, 2.05) is 0 Å². The van der Waals surface area contributed by atoms with Gasteiger partial charge in [-0.3, -0.25) is 4.90 Å². The van der Waals surface area contributed by atoms with Crippen LogP contribution in [0.1, 0.15) is 26.7 Å². The molecule has 108 valence electrons. The largest absolute Gasteiger partial charge is 0.328 e. The van der Waals surface area contributed by atoms with Gasteiger partial charge in [0.15, 0.2) is 0 Å². The first-order valence-corrected chi connectivity index (χ1v) is 7.39. The van der Waals surface area contributed by atoms with Gasteiger partial charge in [0.2, 0.25) is 0 Å². The molecule has 1 heterocycles. The number of hydrogen-bond donors (Lipinski definition) is 1. The summed E-state index contributed by atoms with van der Waals surface area (Å²) in [7, 11) is 4.30. The summed E-state index contributed by atoms with van der Waals surface area (Å²) in [6.45, 7) is 11.6. The maximum atomic E-state index is 5.94. The van der Waals surface area contributed by atoms with Crippen molar-refractivity contribution in [1.82, 2.24) is 14.7 Å². The molecule has 18 heavy (non-hydrogen) atoms. The van der Waals surface area contributed by atoms with Gasteiger partial charge in [-0.2, -0.15) is 0 Å². The van der Waals surface area contributed by atoms with Gasteiger partial charge in [-0.1, -0.05) is 6.92 Å². The molecule has 1 rings (SSSR count). The van der Waals surface area contributed by atoms with E-state index < -0.39 is 0 Å². The third-order valence-corrected chi connectivity index (χ3v) is 3.99. The highest BCUT2D eigenvalue weighted by Crippen LogP contribution is 2.08. The fourth-order valence-corrected chi connectivity index (χ4v) is 2.78. The first kappa shape index (κ1) is 15.9. The molecule has 0 bridgehead atoms. The zero-order valence-electron chi connectivity index (χ0n) is 12.7. The van der Waals surface area contributed by atoms with E-state index in [9.17, 15) is 0 Å². The molecule has 4 nitrogen and oxygen atoms in total. The number of nitrogens with zero attached hydrogens (tertiary/aromatic N) is 3. The van der Waals surface area contributed by atoms with E-state index >= 15 is 0 Å². The number of piperidine rings is 1. The summed E-state index contributed by atoms with van der Waals surface area (Å²) in [5, 5.41) is 0. The number of likely N-dealkylation sites (N-methyl/N-ethyl adjacent to an activating group) is 2. The second kappa shape index (κ2) is 8.10. The maximum Gasteiger partial charge on any atom is 0.0195 e. The highest BCUT2D eigenvalue weighted by Gasteiger charge is 2.18. The highest BCUT2D eigenvalue weighted by molar-refractivity contribution is 4.76. The van der Waals surface area contributed by atoms with Crippen LogP contribution in [0.5, 0.6) is 0 Å². The van der Waals surface area contributed by atoms with E-state index in [0.29, 0.717) is 12.1 Å². The number of rotatable bonds is 7. The van der Waals surface area contributed by atoms with Gasteiger partial charge in [0.25, 0.3) is 0 Å². The van der Waals surface area contributed by atoms with Gasteiger partial charge in [0.05, 0.1) is 0 Å². The van der Waals surface area contributed by atoms with Crippen molar-refractivity contribution in [2.45, 2.75) is 38.8 Å². The minimum absolute atomic E-state index is 0.441. The minimum atomic E-state index is 0.441. The van der Waals surface area contributed by atoms with Gasteiger partial charge < -0.3 is 15.5 Å². The van der Waals surface area contributed by atoms with E-state index in [-0.39, 0.29) is 0 Å². The smallest absolute Gasteiger partial charge is 0.0195 e. The standard InChI is InChI=1S/C14H32N4/c1-5-18(13(2)12-16(3)4)11-10-17-8-6-14(15)7-9-17/h13-14H,5-12,15H2,1-4H3. The summed E-state index contributed by atoms with van der Waals surface area (Å²) in [4.78, 5) is 7.41. The predicted molar refractivity (Wildman–Crippen MR) is 78.9 cm³/mol. The van der Waals surface area contributed by atoms with Gasteiger partial charge in [-0.25, -0.2) is 0 Å². The molecule has 1 aliphatic rings. The first-order valence-electron chi connectivity index (χ1n) is 7.39. The Labute approximate surface area is 113 Å². The van der Waals surface area contributed by atoms with Gasteiger partial charge in [0, 0.05) is 31.7 Å². The molecule has 0 aromatic heterocycles. The van der Waals surface area contributed by atoms with Crippen LogP contribution in [0, 0.1) is 0 Å². The van der Waals surface area contributed by atoms with Crippen LogP contribution in [0.2, 0.25) is 0 Å². The van der Waals surface area contributed by atoms with Crippen LogP contribution in [0.25, 0.3) is 0 Å². The van der Waals surface area contributed by atoms with Crippen molar-refractivity contribution in [3.63, 3.8) is 0 Å². The molecule has 0 spiro atoms. The van der Waals surface area contributed by atoms with E-state index in [1.165, 1.54) is 39.0 Å². The molecule has 1 unspecified atom stereocenters. The topological polar surface area (TPSA) is 35.7 Å². The predicted octanol–water partition coefficient (Wildman–Crippen LogP) is 0.682. The van der Waals surface area contributed by atoms with Crippen molar-refractivity contribution in [2.75, 3.05) is 53.4 Å². The lowest BCUT2D eigenvalue weighted by molar-refractivity contribution is 0.139. The molecule has 4 heteroatoms. The quantitative estimate of drug-likeness (QED) is 0.727. The molecule has 0 saturated carbocycles.